The number of fused-ring (bicyclic) bond motifs is 1. The SMILES string of the molecule is Cc1cc(SCC(=O)c2ccc(Cl)cc2Cl)nc2ccccc12. The maximum Gasteiger partial charge on any atom is 0.174 e. The highest BCUT2D eigenvalue weighted by Gasteiger charge is 2.12. The lowest BCUT2D eigenvalue weighted by molar-refractivity contribution is 0.102. The Bertz CT molecular complexity index is 895. The zero-order valence-electron chi connectivity index (χ0n) is 12.3. The second-order valence-corrected chi connectivity index (χ2v) is 6.97. The quantitative estimate of drug-likeness (QED) is 0.432. The molecule has 0 bridgehead atoms. The van der Waals surface area contributed by atoms with Gasteiger partial charge in [0.2, 0.25) is 0 Å². The van der Waals surface area contributed by atoms with E-state index in [9.17, 15) is 4.79 Å². The molecule has 5 heteroatoms. The van der Waals surface area contributed by atoms with E-state index < -0.39 is 0 Å². The minimum absolute atomic E-state index is 0.0377. The van der Waals surface area contributed by atoms with Gasteiger partial charge < -0.3 is 0 Å². The van der Waals surface area contributed by atoms with Gasteiger partial charge in [0.25, 0.3) is 0 Å². The summed E-state index contributed by atoms with van der Waals surface area (Å²) in [5.41, 5.74) is 2.57. The second kappa shape index (κ2) is 6.91. The number of rotatable bonds is 4. The molecule has 2 aromatic carbocycles. The third kappa shape index (κ3) is 3.69. The van der Waals surface area contributed by atoms with Crippen LogP contribution in [0.3, 0.4) is 0 Å². The number of ketones is 1. The van der Waals surface area contributed by atoms with Gasteiger partial charge >= 0.3 is 0 Å². The van der Waals surface area contributed by atoms with Gasteiger partial charge in [-0.1, -0.05) is 53.2 Å². The molecule has 3 aromatic rings. The normalized spacial score (nSPS) is 10.9. The average Bonchev–Trinajstić information content (AvgIpc) is 2.53. The van der Waals surface area contributed by atoms with Gasteiger partial charge in [-0.2, -0.15) is 0 Å². The molecule has 116 valence electrons. The number of para-hydroxylation sites is 1. The first-order valence-electron chi connectivity index (χ1n) is 7.02. The predicted molar refractivity (Wildman–Crippen MR) is 98.0 cm³/mol. The monoisotopic (exact) mass is 361 g/mol. The number of benzene rings is 2. The van der Waals surface area contributed by atoms with E-state index in [1.807, 2.05) is 37.3 Å². The van der Waals surface area contributed by atoms with Crippen molar-refractivity contribution in [2.45, 2.75) is 11.9 Å². The van der Waals surface area contributed by atoms with Crippen LogP contribution in [0.5, 0.6) is 0 Å². The molecule has 0 aliphatic rings. The summed E-state index contributed by atoms with van der Waals surface area (Å²) in [7, 11) is 0. The van der Waals surface area contributed by atoms with Crippen LogP contribution in [-0.4, -0.2) is 16.5 Å². The van der Waals surface area contributed by atoms with E-state index in [0.29, 0.717) is 15.6 Å². The van der Waals surface area contributed by atoms with E-state index in [4.69, 9.17) is 23.2 Å². The largest absolute Gasteiger partial charge is 0.293 e. The summed E-state index contributed by atoms with van der Waals surface area (Å²) in [5, 5.41) is 2.86. The number of hydrogen-bond acceptors (Lipinski definition) is 3. The van der Waals surface area contributed by atoms with Crippen molar-refractivity contribution in [3.63, 3.8) is 0 Å². The highest BCUT2D eigenvalue weighted by atomic mass is 35.5. The molecule has 3 rings (SSSR count). The van der Waals surface area contributed by atoms with Crippen LogP contribution in [0.2, 0.25) is 10.0 Å². The Balaban J connectivity index is 1.79. The molecule has 0 amide bonds. The van der Waals surface area contributed by atoms with E-state index in [0.717, 1.165) is 21.5 Å². The Morgan fingerprint density at radius 3 is 2.70 bits per heavy atom. The summed E-state index contributed by atoms with van der Waals surface area (Å²) >= 11 is 13.3. The van der Waals surface area contributed by atoms with Gasteiger partial charge in [0.15, 0.2) is 5.78 Å². The molecule has 1 aromatic heterocycles. The number of thioether (sulfide) groups is 1. The Labute approximate surface area is 148 Å². The maximum absolute atomic E-state index is 12.3. The molecule has 0 N–H and O–H groups in total. The number of aromatic nitrogens is 1. The Kier molecular flexibility index (Phi) is 4.90. The molecule has 0 saturated heterocycles. The van der Waals surface area contributed by atoms with Crippen molar-refractivity contribution in [1.29, 1.82) is 0 Å². The highest BCUT2D eigenvalue weighted by molar-refractivity contribution is 7.99. The topological polar surface area (TPSA) is 30.0 Å². The fourth-order valence-corrected chi connectivity index (χ4v) is 3.70. The lowest BCUT2D eigenvalue weighted by Crippen LogP contribution is -2.03. The van der Waals surface area contributed by atoms with Crippen LogP contribution >= 0.6 is 35.0 Å². The van der Waals surface area contributed by atoms with Crippen LogP contribution in [0.1, 0.15) is 15.9 Å². The Morgan fingerprint density at radius 2 is 1.91 bits per heavy atom. The molecule has 0 atom stereocenters. The van der Waals surface area contributed by atoms with E-state index in [2.05, 4.69) is 4.98 Å². The first kappa shape index (κ1) is 16.3. The molecule has 1 heterocycles. The van der Waals surface area contributed by atoms with Crippen LogP contribution in [0, 0.1) is 6.92 Å². The van der Waals surface area contributed by atoms with Crippen molar-refractivity contribution in [3.05, 3.63) is 69.7 Å². The van der Waals surface area contributed by atoms with Crippen LogP contribution < -0.4 is 0 Å². The number of pyridine rings is 1. The molecule has 0 radical (unpaired) electrons. The minimum atomic E-state index is -0.0377. The second-order valence-electron chi connectivity index (χ2n) is 5.13. The number of hydrogen-bond donors (Lipinski definition) is 0. The number of halogens is 2. The van der Waals surface area contributed by atoms with Crippen LogP contribution in [0.15, 0.2) is 53.6 Å². The van der Waals surface area contributed by atoms with Gasteiger partial charge in [-0.15, -0.1) is 0 Å². The van der Waals surface area contributed by atoms with Crippen molar-refractivity contribution >= 4 is 51.6 Å². The summed E-state index contributed by atoms with van der Waals surface area (Å²) in [6.07, 6.45) is 0. The van der Waals surface area contributed by atoms with E-state index >= 15 is 0 Å². The number of aryl methyl sites for hydroxylation is 1. The molecule has 0 aliphatic carbocycles. The standard InChI is InChI=1S/C18H13Cl2NOS/c1-11-8-18(21-16-5-3-2-4-13(11)16)23-10-17(22)14-7-6-12(19)9-15(14)20/h2-9H,10H2,1H3. The molecule has 0 saturated carbocycles. The van der Waals surface area contributed by atoms with Gasteiger partial charge in [0.05, 0.1) is 21.3 Å². The average molecular weight is 362 g/mol. The van der Waals surface area contributed by atoms with Crippen LogP contribution in [0.4, 0.5) is 0 Å². The Morgan fingerprint density at radius 1 is 1.13 bits per heavy atom. The summed E-state index contributed by atoms with van der Waals surface area (Å²) in [6.45, 7) is 2.05. The lowest BCUT2D eigenvalue weighted by atomic mass is 10.1. The number of carbonyl (C=O) groups is 1. The summed E-state index contributed by atoms with van der Waals surface area (Å²) in [6, 6.07) is 14.9. The molecule has 23 heavy (non-hydrogen) atoms. The lowest BCUT2D eigenvalue weighted by Gasteiger charge is -2.07. The predicted octanol–water partition coefficient (Wildman–Crippen LogP) is 5.83. The maximum atomic E-state index is 12.3. The number of Topliss-reactive ketones (excluding diaryl/α,β-unsaturated/α-hetero) is 1. The zero-order valence-corrected chi connectivity index (χ0v) is 14.7. The van der Waals surface area contributed by atoms with Crippen molar-refractivity contribution in [2.75, 3.05) is 5.75 Å². The minimum Gasteiger partial charge on any atom is -0.293 e. The molecular formula is C18H13Cl2NOS. The van der Waals surface area contributed by atoms with Gasteiger partial charge in [0.1, 0.15) is 0 Å². The third-order valence-electron chi connectivity index (χ3n) is 3.48. The highest BCUT2D eigenvalue weighted by Crippen LogP contribution is 2.26. The van der Waals surface area contributed by atoms with E-state index in [-0.39, 0.29) is 11.5 Å². The van der Waals surface area contributed by atoms with Crippen LogP contribution in [-0.2, 0) is 0 Å². The Hall–Kier alpha value is -1.55. The third-order valence-corrected chi connectivity index (χ3v) is 4.94. The zero-order chi connectivity index (χ0) is 16.4. The summed E-state index contributed by atoms with van der Waals surface area (Å²) in [5.74, 6) is 0.246. The van der Waals surface area contributed by atoms with Crippen molar-refractivity contribution < 1.29 is 4.79 Å². The molecule has 0 fully saturated rings. The summed E-state index contributed by atoms with van der Waals surface area (Å²) < 4.78 is 0. The van der Waals surface area contributed by atoms with E-state index in [1.165, 1.54) is 11.8 Å². The number of carbonyl (C=O) groups excluding carboxylic acids is 1. The van der Waals surface area contributed by atoms with Crippen molar-refractivity contribution in [1.82, 2.24) is 4.98 Å². The fourth-order valence-electron chi connectivity index (χ4n) is 2.33. The summed E-state index contributed by atoms with van der Waals surface area (Å²) in [4.78, 5) is 16.9. The molecule has 0 aliphatic heterocycles. The van der Waals surface area contributed by atoms with Crippen molar-refractivity contribution in [2.24, 2.45) is 0 Å². The molecule has 0 spiro atoms. The van der Waals surface area contributed by atoms with Gasteiger partial charge in [0, 0.05) is 16.0 Å². The molecular weight excluding hydrogens is 349 g/mol. The smallest absolute Gasteiger partial charge is 0.174 e. The first-order chi connectivity index (χ1) is 11.0. The van der Waals surface area contributed by atoms with E-state index in [1.54, 1.807) is 18.2 Å². The van der Waals surface area contributed by atoms with Crippen molar-refractivity contribution in [3.8, 4) is 0 Å². The molecule has 2 nitrogen and oxygen atoms in total. The fraction of sp³-hybridized carbons (Fsp3) is 0.111. The van der Waals surface area contributed by atoms with Gasteiger partial charge in [-0.05, 0) is 42.8 Å². The van der Waals surface area contributed by atoms with Gasteiger partial charge in [-0.25, -0.2) is 4.98 Å². The molecule has 0 unspecified atom stereocenters. The van der Waals surface area contributed by atoms with Crippen LogP contribution in [0.25, 0.3) is 10.9 Å². The number of nitrogens with zero attached hydrogens (tertiary/aromatic N) is 1. The van der Waals surface area contributed by atoms with Gasteiger partial charge in [-0.3, -0.25) is 4.79 Å². The first-order valence-corrected chi connectivity index (χ1v) is 8.76.